The van der Waals surface area contributed by atoms with E-state index in [-0.39, 0.29) is 0 Å². The summed E-state index contributed by atoms with van der Waals surface area (Å²) in [7, 11) is 0. The molecule has 1 aliphatic heterocycles. The van der Waals surface area contributed by atoms with E-state index in [1.54, 1.807) is 0 Å². The molecule has 0 aromatic rings. The summed E-state index contributed by atoms with van der Waals surface area (Å²) in [4.78, 5) is 0. The molecule has 13 heavy (non-hydrogen) atoms. The highest BCUT2D eigenvalue weighted by Gasteiger charge is 2.30. The zero-order chi connectivity index (χ0) is 9.26. The first-order valence-corrected chi connectivity index (χ1v) is 5.77. The van der Waals surface area contributed by atoms with Crippen LogP contribution in [0, 0.1) is 5.92 Å². The third-order valence-corrected chi connectivity index (χ3v) is 3.81. The molecule has 1 saturated heterocycles. The quantitative estimate of drug-likeness (QED) is 0.676. The van der Waals surface area contributed by atoms with E-state index >= 15 is 0 Å². The van der Waals surface area contributed by atoms with Crippen molar-refractivity contribution < 1.29 is 0 Å². The summed E-state index contributed by atoms with van der Waals surface area (Å²) >= 11 is 0. The molecule has 0 spiro atoms. The second-order valence-corrected chi connectivity index (χ2v) is 4.82. The predicted molar refractivity (Wildman–Crippen MR) is 55.8 cm³/mol. The maximum absolute atomic E-state index is 3.79. The third-order valence-electron chi connectivity index (χ3n) is 3.81. The summed E-state index contributed by atoms with van der Waals surface area (Å²) in [5.41, 5.74) is 0. The molecule has 0 aromatic heterocycles. The minimum atomic E-state index is 0.668. The van der Waals surface area contributed by atoms with E-state index in [2.05, 4.69) is 24.5 Å². The van der Waals surface area contributed by atoms with Gasteiger partial charge in [0.15, 0.2) is 0 Å². The zero-order valence-corrected chi connectivity index (χ0v) is 8.84. The van der Waals surface area contributed by atoms with Gasteiger partial charge in [0.05, 0.1) is 0 Å². The minimum absolute atomic E-state index is 0.668. The molecule has 4 atom stereocenters. The topological polar surface area (TPSA) is 24.1 Å². The van der Waals surface area contributed by atoms with Gasteiger partial charge in [-0.05, 0) is 45.1 Å². The lowest BCUT2D eigenvalue weighted by molar-refractivity contribution is 0.180. The highest BCUT2D eigenvalue weighted by Crippen LogP contribution is 2.27. The van der Waals surface area contributed by atoms with Crippen LogP contribution in [0.3, 0.4) is 0 Å². The normalized spacial score (nSPS) is 45.7. The van der Waals surface area contributed by atoms with Crippen LogP contribution in [-0.4, -0.2) is 24.7 Å². The van der Waals surface area contributed by atoms with Crippen molar-refractivity contribution >= 4 is 0 Å². The van der Waals surface area contributed by atoms with Crippen LogP contribution in [0.2, 0.25) is 0 Å². The van der Waals surface area contributed by atoms with Gasteiger partial charge in [-0.1, -0.05) is 6.92 Å². The average molecular weight is 182 g/mol. The lowest BCUT2D eigenvalue weighted by atomic mass is 9.80. The molecule has 0 radical (unpaired) electrons. The van der Waals surface area contributed by atoms with Gasteiger partial charge in [0, 0.05) is 18.1 Å². The molecular weight excluding hydrogens is 160 g/mol. The van der Waals surface area contributed by atoms with Crippen molar-refractivity contribution in [2.75, 3.05) is 6.54 Å². The Bertz CT molecular complexity index is 169. The maximum atomic E-state index is 3.79. The van der Waals surface area contributed by atoms with E-state index < -0.39 is 0 Å². The Kier molecular flexibility index (Phi) is 2.89. The Labute approximate surface area is 81.5 Å². The molecule has 1 heterocycles. The lowest BCUT2D eigenvalue weighted by Gasteiger charge is -2.41. The number of piperidine rings is 1. The summed E-state index contributed by atoms with van der Waals surface area (Å²) in [5.74, 6) is 0.911. The fourth-order valence-electron chi connectivity index (χ4n) is 2.46. The fraction of sp³-hybridized carbons (Fsp3) is 1.00. The molecule has 76 valence electrons. The molecule has 0 aromatic carbocycles. The summed E-state index contributed by atoms with van der Waals surface area (Å²) < 4.78 is 0. The molecule has 2 aliphatic rings. The van der Waals surface area contributed by atoms with Gasteiger partial charge in [0.1, 0.15) is 0 Å². The molecule has 2 rings (SSSR count). The van der Waals surface area contributed by atoms with Crippen molar-refractivity contribution in [1.82, 2.24) is 10.6 Å². The highest BCUT2D eigenvalue weighted by atomic mass is 15.1. The van der Waals surface area contributed by atoms with Gasteiger partial charge in [-0.2, -0.15) is 0 Å². The van der Waals surface area contributed by atoms with Gasteiger partial charge in [0.25, 0.3) is 0 Å². The largest absolute Gasteiger partial charge is 0.313 e. The monoisotopic (exact) mass is 182 g/mol. The Hall–Kier alpha value is -0.0800. The van der Waals surface area contributed by atoms with Crippen molar-refractivity contribution in [2.24, 2.45) is 5.92 Å². The molecule has 4 unspecified atom stereocenters. The molecule has 1 saturated carbocycles. The van der Waals surface area contributed by atoms with Crippen LogP contribution < -0.4 is 10.6 Å². The van der Waals surface area contributed by atoms with Crippen molar-refractivity contribution in [3.8, 4) is 0 Å². The fourth-order valence-corrected chi connectivity index (χ4v) is 2.46. The van der Waals surface area contributed by atoms with Crippen molar-refractivity contribution in [2.45, 2.75) is 57.7 Å². The molecule has 2 heteroatoms. The van der Waals surface area contributed by atoms with Crippen LogP contribution in [0.1, 0.15) is 39.5 Å². The SMILES string of the molecule is CC1CCC1NC1CCCNC1C. The zero-order valence-electron chi connectivity index (χ0n) is 8.84. The van der Waals surface area contributed by atoms with E-state index in [1.165, 1.54) is 32.2 Å². The van der Waals surface area contributed by atoms with Crippen LogP contribution >= 0.6 is 0 Å². The minimum Gasteiger partial charge on any atom is -0.313 e. The summed E-state index contributed by atoms with van der Waals surface area (Å²) in [6.07, 6.45) is 5.51. The molecule has 0 bridgehead atoms. The van der Waals surface area contributed by atoms with Crippen molar-refractivity contribution in [1.29, 1.82) is 0 Å². The van der Waals surface area contributed by atoms with E-state index in [0.29, 0.717) is 6.04 Å². The Morgan fingerprint density at radius 2 is 1.92 bits per heavy atom. The predicted octanol–water partition coefficient (Wildman–Crippen LogP) is 1.51. The first-order chi connectivity index (χ1) is 6.27. The smallest absolute Gasteiger partial charge is 0.0221 e. The number of hydrogen-bond donors (Lipinski definition) is 2. The van der Waals surface area contributed by atoms with Crippen LogP contribution in [0.5, 0.6) is 0 Å². The summed E-state index contributed by atoms with van der Waals surface area (Å²) in [6, 6.07) is 2.20. The first-order valence-electron chi connectivity index (χ1n) is 5.77. The van der Waals surface area contributed by atoms with E-state index in [1.807, 2.05) is 0 Å². The van der Waals surface area contributed by atoms with Gasteiger partial charge in [-0.25, -0.2) is 0 Å². The van der Waals surface area contributed by atoms with Crippen LogP contribution in [-0.2, 0) is 0 Å². The summed E-state index contributed by atoms with van der Waals surface area (Å²) in [5, 5.41) is 7.33. The average Bonchev–Trinajstić information content (AvgIpc) is 2.14. The van der Waals surface area contributed by atoms with Crippen LogP contribution in [0.4, 0.5) is 0 Å². The van der Waals surface area contributed by atoms with Gasteiger partial charge < -0.3 is 10.6 Å². The van der Waals surface area contributed by atoms with Gasteiger partial charge >= 0.3 is 0 Å². The second kappa shape index (κ2) is 3.97. The first kappa shape index (κ1) is 9.47. The van der Waals surface area contributed by atoms with Crippen molar-refractivity contribution in [3.63, 3.8) is 0 Å². The maximum Gasteiger partial charge on any atom is 0.0221 e. The van der Waals surface area contributed by atoms with Crippen LogP contribution in [0.15, 0.2) is 0 Å². The van der Waals surface area contributed by atoms with Gasteiger partial charge in [-0.15, -0.1) is 0 Å². The van der Waals surface area contributed by atoms with E-state index in [4.69, 9.17) is 0 Å². The second-order valence-electron chi connectivity index (χ2n) is 4.82. The Morgan fingerprint density at radius 3 is 2.46 bits per heavy atom. The van der Waals surface area contributed by atoms with Crippen molar-refractivity contribution in [3.05, 3.63) is 0 Å². The number of rotatable bonds is 2. The molecular formula is C11H22N2. The lowest BCUT2D eigenvalue weighted by Crippen LogP contribution is -2.56. The standard InChI is InChI=1S/C11H22N2/c1-8-5-6-10(8)13-11-4-3-7-12-9(11)2/h8-13H,3-7H2,1-2H3. The van der Waals surface area contributed by atoms with Gasteiger partial charge in [-0.3, -0.25) is 0 Å². The summed E-state index contributed by atoms with van der Waals surface area (Å²) in [6.45, 7) is 5.88. The van der Waals surface area contributed by atoms with Crippen LogP contribution in [0.25, 0.3) is 0 Å². The molecule has 2 N–H and O–H groups in total. The number of hydrogen-bond acceptors (Lipinski definition) is 2. The molecule has 1 aliphatic carbocycles. The highest BCUT2D eigenvalue weighted by molar-refractivity contribution is 4.91. The van der Waals surface area contributed by atoms with E-state index in [0.717, 1.165) is 18.0 Å². The molecule has 2 nitrogen and oxygen atoms in total. The molecule has 0 amide bonds. The molecule has 2 fully saturated rings. The van der Waals surface area contributed by atoms with Gasteiger partial charge in [0.2, 0.25) is 0 Å². The third kappa shape index (κ3) is 2.05. The Balaban J connectivity index is 1.78. The van der Waals surface area contributed by atoms with E-state index in [9.17, 15) is 0 Å². The number of nitrogens with one attached hydrogen (secondary N) is 2. The Morgan fingerprint density at radius 1 is 1.08 bits per heavy atom.